The fraction of sp³-hybridized carbons (Fsp3) is 0.0952. The predicted molar refractivity (Wildman–Crippen MR) is 100 cm³/mol. The third kappa shape index (κ3) is 2.95. The molecule has 4 rings (SSSR count). The Morgan fingerprint density at radius 2 is 1.81 bits per heavy atom. The number of carbonyl (C=O) groups excluding carboxylic acids is 1. The molecule has 5 heteroatoms. The molecular weight excluding hydrogens is 326 g/mol. The summed E-state index contributed by atoms with van der Waals surface area (Å²) >= 11 is 0. The first-order valence-corrected chi connectivity index (χ1v) is 8.44. The second kappa shape index (κ2) is 6.80. The molecule has 0 fully saturated rings. The summed E-state index contributed by atoms with van der Waals surface area (Å²) in [5.41, 5.74) is 2.01. The maximum Gasteiger partial charge on any atom is 0.358 e. The van der Waals surface area contributed by atoms with Gasteiger partial charge in [0.25, 0.3) is 0 Å². The van der Waals surface area contributed by atoms with E-state index in [1.165, 1.54) is 0 Å². The molecule has 0 spiro atoms. The van der Waals surface area contributed by atoms with Crippen LogP contribution in [0.25, 0.3) is 27.8 Å². The number of nitrogens with zero attached hydrogens (tertiary/aromatic N) is 3. The third-order valence-electron chi connectivity index (χ3n) is 4.11. The number of carbonyl (C=O) groups is 1. The van der Waals surface area contributed by atoms with Crippen LogP contribution in [0.5, 0.6) is 0 Å². The number of benzene rings is 2. The van der Waals surface area contributed by atoms with Gasteiger partial charge in [-0.2, -0.15) is 5.10 Å². The molecule has 26 heavy (non-hydrogen) atoms. The van der Waals surface area contributed by atoms with E-state index in [2.05, 4.69) is 34.3 Å². The van der Waals surface area contributed by atoms with E-state index in [0.29, 0.717) is 12.4 Å². The van der Waals surface area contributed by atoms with E-state index in [-0.39, 0.29) is 5.69 Å². The first kappa shape index (κ1) is 16.0. The highest BCUT2D eigenvalue weighted by Crippen LogP contribution is 2.27. The molecule has 0 unspecified atom stereocenters. The smallest absolute Gasteiger partial charge is 0.358 e. The van der Waals surface area contributed by atoms with Crippen LogP contribution in [0.15, 0.2) is 72.9 Å². The van der Waals surface area contributed by atoms with E-state index in [4.69, 9.17) is 4.74 Å². The summed E-state index contributed by atoms with van der Waals surface area (Å²) in [5, 5.41) is 6.71. The Kier molecular flexibility index (Phi) is 4.19. The predicted octanol–water partition coefficient (Wildman–Crippen LogP) is 4.26. The monoisotopic (exact) mass is 343 g/mol. The second-order valence-corrected chi connectivity index (χ2v) is 5.80. The largest absolute Gasteiger partial charge is 0.461 e. The van der Waals surface area contributed by atoms with E-state index < -0.39 is 5.97 Å². The van der Waals surface area contributed by atoms with Crippen molar-refractivity contribution in [3.05, 3.63) is 78.6 Å². The lowest BCUT2D eigenvalue weighted by molar-refractivity contribution is 0.0519. The van der Waals surface area contributed by atoms with Crippen molar-refractivity contribution < 1.29 is 9.53 Å². The average Bonchev–Trinajstić information content (AvgIpc) is 3.14. The van der Waals surface area contributed by atoms with Crippen LogP contribution in [0.3, 0.4) is 0 Å². The molecule has 0 N–H and O–H groups in total. The minimum Gasteiger partial charge on any atom is -0.461 e. The second-order valence-electron chi connectivity index (χ2n) is 5.80. The van der Waals surface area contributed by atoms with Crippen LogP contribution in [0.1, 0.15) is 17.4 Å². The summed E-state index contributed by atoms with van der Waals surface area (Å²) in [5.74, 6) is 0.204. The molecule has 2 heterocycles. The molecule has 128 valence electrons. The number of ether oxygens (including phenoxy) is 1. The Morgan fingerprint density at radius 3 is 2.58 bits per heavy atom. The Morgan fingerprint density at radius 1 is 1.00 bits per heavy atom. The van der Waals surface area contributed by atoms with E-state index in [1.54, 1.807) is 23.9 Å². The summed E-state index contributed by atoms with van der Waals surface area (Å²) < 4.78 is 6.78. The molecule has 0 saturated carbocycles. The lowest BCUT2D eigenvalue weighted by Crippen LogP contribution is -2.07. The zero-order chi connectivity index (χ0) is 17.9. The van der Waals surface area contributed by atoms with Crippen molar-refractivity contribution in [1.29, 1.82) is 0 Å². The molecule has 5 nitrogen and oxygen atoms in total. The van der Waals surface area contributed by atoms with Crippen molar-refractivity contribution in [2.45, 2.75) is 6.92 Å². The number of esters is 1. The van der Waals surface area contributed by atoms with Crippen LogP contribution in [-0.2, 0) is 4.74 Å². The molecule has 0 bridgehead atoms. The number of rotatable bonds is 4. The molecule has 0 aliphatic heterocycles. The van der Waals surface area contributed by atoms with Gasteiger partial charge in [0.15, 0.2) is 11.5 Å². The van der Waals surface area contributed by atoms with Gasteiger partial charge in [-0.05, 0) is 42.0 Å². The van der Waals surface area contributed by atoms with Crippen molar-refractivity contribution >= 4 is 16.7 Å². The first-order chi connectivity index (χ1) is 12.8. The van der Waals surface area contributed by atoms with Gasteiger partial charge in [-0.1, -0.05) is 42.5 Å². The quantitative estimate of drug-likeness (QED) is 0.519. The van der Waals surface area contributed by atoms with E-state index in [9.17, 15) is 4.79 Å². The lowest BCUT2D eigenvalue weighted by atomic mass is 10.0. The summed E-state index contributed by atoms with van der Waals surface area (Å²) in [6, 6.07) is 21.6. The van der Waals surface area contributed by atoms with Crippen LogP contribution in [0.2, 0.25) is 0 Å². The fourth-order valence-corrected chi connectivity index (χ4v) is 2.89. The molecule has 0 atom stereocenters. The van der Waals surface area contributed by atoms with Crippen LogP contribution in [0.4, 0.5) is 0 Å². The van der Waals surface area contributed by atoms with Gasteiger partial charge >= 0.3 is 5.97 Å². The van der Waals surface area contributed by atoms with Crippen LogP contribution >= 0.6 is 0 Å². The Bertz CT molecular complexity index is 1070. The standard InChI is InChI=1S/C21H17N3O2/c1-2-26-21(25)18-14-19(24(23-18)20-9-5-6-12-22-20)17-11-10-15-7-3-4-8-16(15)13-17/h3-14H,2H2,1H3. The molecule has 0 amide bonds. The van der Waals surface area contributed by atoms with E-state index in [1.807, 2.05) is 36.4 Å². The first-order valence-electron chi connectivity index (χ1n) is 8.44. The van der Waals surface area contributed by atoms with Crippen molar-refractivity contribution in [2.24, 2.45) is 0 Å². The van der Waals surface area contributed by atoms with Crippen LogP contribution in [-0.4, -0.2) is 27.3 Å². The summed E-state index contributed by atoms with van der Waals surface area (Å²) in [7, 11) is 0. The molecule has 0 saturated heterocycles. The molecular formula is C21H17N3O2. The fourth-order valence-electron chi connectivity index (χ4n) is 2.89. The Hall–Kier alpha value is -3.47. The number of hydrogen-bond donors (Lipinski definition) is 0. The molecule has 2 aromatic carbocycles. The van der Waals surface area contributed by atoms with Crippen molar-refractivity contribution in [3.8, 4) is 17.1 Å². The minimum atomic E-state index is -0.441. The summed E-state index contributed by atoms with van der Waals surface area (Å²) in [6.07, 6.45) is 1.70. The topological polar surface area (TPSA) is 57.0 Å². The maximum atomic E-state index is 12.2. The zero-order valence-electron chi connectivity index (χ0n) is 14.3. The highest BCUT2D eigenvalue weighted by Gasteiger charge is 2.18. The molecule has 0 aliphatic rings. The van der Waals surface area contributed by atoms with Crippen molar-refractivity contribution in [1.82, 2.24) is 14.8 Å². The summed E-state index contributed by atoms with van der Waals surface area (Å²) in [6.45, 7) is 2.08. The van der Waals surface area contributed by atoms with Gasteiger partial charge in [0.1, 0.15) is 0 Å². The number of fused-ring (bicyclic) bond motifs is 1. The zero-order valence-corrected chi connectivity index (χ0v) is 14.3. The third-order valence-corrected chi connectivity index (χ3v) is 4.11. The highest BCUT2D eigenvalue weighted by molar-refractivity contribution is 5.91. The van der Waals surface area contributed by atoms with Crippen LogP contribution < -0.4 is 0 Å². The number of pyridine rings is 1. The average molecular weight is 343 g/mol. The molecule has 2 aromatic heterocycles. The lowest BCUT2D eigenvalue weighted by Gasteiger charge is -2.07. The van der Waals surface area contributed by atoms with E-state index >= 15 is 0 Å². The van der Waals surface area contributed by atoms with E-state index in [0.717, 1.165) is 22.0 Å². The van der Waals surface area contributed by atoms with Gasteiger partial charge in [0.2, 0.25) is 0 Å². The molecule has 4 aromatic rings. The van der Waals surface area contributed by atoms with Gasteiger partial charge in [0.05, 0.1) is 12.3 Å². The summed E-state index contributed by atoms with van der Waals surface area (Å²) in [4.78, 5) is 16.5. The van der Waals surface area contributed by atoms with Gasteiger partial charge in [-0.15, -0.1) is 0 Å². The Labute approximate surface area is 150 Å². The van der Waals surface area contributed by atoms with Gasteiger partial charge < -0.3 is 4.74 Å². The molecule has 0 aliphatic carbocycles. The highest BCUT2D eigenvalue weighted by atomic mass is 16.5. The maximum absolute atomic E-state index is 12.2. The minimum absolute atomic E-state index is 0.265. The van der Waals surface area contributed by atoms with Crippen molar-refractivity contribution in [2.75, 3.05) is 6.61 Å². The van der Waals surface area contributed by atoms with Crippen LogP contribution in [0, 0.1) is 0 Å². The SMILES string of the molecule is CCOC(=O)c1cc(-c2ccc3ccccc3c2)n(-c2ccccn2)n1. The number of hydrogen-bond acceptors (Lipinski definition) is 4. The van der Waals surface area contributed by atoms with Gasteiger partial charge in [0, 0.05) is 11.8 Å². The van der Waals surface area contributed by atoms with Crippen molar-refractivity contribution in [3.63, 3.8) is 0 Å². The normalized spacial score (nSPS) is 10.8. The number of aromatic nitrogens is 3. The van der Waals surface area contributed by atoms with Gasteiger partial charge in [-0.3, -0.25) is 0 Å². The van der Waals surface area contributed by atoms with Gasteiger partial charge in [-0.25, -0.2) is 14.5 Å². The Balaban J connectivity index is 1.88. The molecule has 0 radical (unpaired) electrons.